The van der Waals surface area contributed by atoms with Gasteiger partial charge in [0.2, 0.25) is 11.9 Å². The van der Waals surface area contributed by atoms with E-state index in [-0.39, 0.29) is 5.91 Å². The molecule has 0 bridgehead atoms. The summed E-state index contributed by atoms with van der Waals surface area (Å²) < 4.78 is 1.79. The molecule has 3 rings (SSSR count). The second-order valence-corrected chi connectivity index (χ2v) is 6.08. The van der Waals surface area contributed by atoms with Crippen LogP contribution >= 0.6 is 0 Å². The third kappa shape index (κ3) is 3.23. The van der Waals surface area contributed by atoms with Crippen LogP contribution in [-0.4, -0.2) is 20.5 Å². The van der Waals surface area contributed by atoms with Gasteiger partial charge < -0.3 is 0 Å². The Balaban J connectivity index is 1.61. The molecule has 1 atom stereocenters. The maximum absolute atomic E-state index is 12.2. The number of rotatable bonds is 4. The van der Waals surface area contributed by atoms with E-state index in [0.717, 1.165) is 5.65 Å². The summed E-state index contributed by atoms with van der Waals surface area (Å²) in [7, 11) is 0. The summed E-state index contributed by atoms with van der Waals surface area (Å²) in [6.07, 6.45) is 8.92. The summed E-state index contributed by atoms with van der Waals surface area (Å²) in [5.74, 6) is 1.67. The quantitative estimate of drug-likeness (QED) is 0.938. The molecule has 1 N–H and O–H groups in total. The Morgan fingerprint density at radius 1 is 1.33 bits per heavy atom. The van der Waals surface area contributed by atoms with E-state index < -0.39 is 0 Å². The summed E-state index contributed by atoms with van der Waals surface area (Å²) in [5, 5.41) is 11.0. The number of carbonyl (C=O) groups excluding carboxylic acids is 1. The van der Waals surface area contributed by atoms with Gasteiger partial charge in [0.1, 0.15) is 0 Å². The van der Waals surface area contributed by atoms with Gasteiger partial charge in [0.25, 0.3) is 0 Å². The van der Waals surface area contributed by atoms with E-state index in [9.17, 15) is 4.79 Å². The zero-order chi connectivity index (χ0) is 14.7. The van der Waals surface area contributed by atoms with Crippen molar-refractivity contribution in [3.05, 3.63) is 24.4 Å². The van der Waals surface area contributed by atoms with Crippen molar-refractivity contribution in [2.75, 3.05) is 5.32 Å². The van der Waals surface area contributed by atoms with Gasteiger partial charge >= 0.3 is 0 Å². The van der Waals surface area contributed by atoms with Gasteiger partial charge in [-0.05, 0) is 24.0 Å². The zero-order valence-corrected chi connectivity index (χ0v) is 12.5. The molecule has 1 amide bonds. The smallest absolute Gasteiger partial charge is 0.235 e. The minimum Gasteiger partial charge on any atom is -0.294 e. The van der Waals surface area contributed by atoms with Crippen LogP contribution in [0.25, 0.3) is 5.65 Å². The highest BCUT2D eigenvalue weighted by atomic mass is 16.1. The number of amides is 1. The van der Waals surface area contributed by atoms with Crippen LogP contribution in [-0.2, 0) is 4.79 Å². The molecule has 0 aliphatic heterocycles. The average Bonchev–Trinajstić information content (AvgIpc) is 2.91. The molecule has 1 unspecified atom stereocenters. The number of pyridine rings is 1. The van der Waals surface area contributed by atoms with Crippen molar-refractivity contribution in [3.8, 4) is 0 Å². The van der Waals surface area contributed by atoms with Gasteiger partial charge in [-0.25, -0.2) is 0 Å². The lowest BCUT2D eigenvalue weighted by Gasteiger charge is -2.27. The van der Waals surface area contributed by atoms with E-state index >= 15 is 0 Å². The van der Waals surface area contributed by atoms with Crippen LogP contribution in [0.4, 0.5) is 5.95 Å². The number of carbonyl (C=O) groups is 1. The number of fused-ring (bicyclic) bond motifs is 1. The van der Waals surface area contributed by atoms with Crippen molar-refractivity contribution >= 4 is 17.5 Å². The number of aromatic nitrogens is 3. The molecular formula is C16H22N4O. The molecule has 5 heteroatoms. The number of anilines is 1. The Morgan fingerprint density at radius 3 is 2.95 bits per heavy atom. The Bertz CT molecular complexity index is 616. The highest BCUT2D eigenvalue weighted by Gasteiger charge is 2.22. The van der Waals surface area contributed by atoms with Crippen LogP contribution < -0.4 is 5.32 Å². The molecule has 112 valence electrons. The highest BCUT2D eigenvalue weighted by Crippen LogP contribution is 2.31. The van der Waals surface area contributed by atoms with Gasteiger partial charge in [-0.15, -0.1) is 10.2 Å². The minimum absolute atomic E-state index is 0.0335. The van der Waals surface area contributed by atoms with Crippen molar-refractivity contribution in [1.82, 2.24) is 14.6 Å². The molecule has 0 radical (unpaired) electrons. The number of hydrogen-bond donors (Lipinski definition) is 1. The number of nitrogens with zero attached hydrogens (tertiary/aromatic N) is 3. The zero-order valence-electron chi connectivity index (χ0n) is 12.5. The van der Waals surface area contributed by atoms with Crippen molar-refractivity contribution in [2.45, 2.75) is 45.4 Å². The molecule has 1 saturated carbocycles. The lowest BCUT2D eigenvalue weighted by molar-refractivity contribution is -0.117. The fourth-order valence-corrected chi connectivity index (χ4v) is 3.26. The SMILES string of the molecule is CC(CC(=O)Nc1nnc2ccccn12)C1CCCCC1. The molecule has 1 aliphatic carbocycles. The fourth-order valence-electron chi connectivity index (χ4n) is 3.26. The van der Waals surface area contributed by atoms with E-state index in [0.29, 0.717) is 24.2 Å². The van der Waals surface area contributed by atoms with Gasteiger partial charge in [-0.3, -0.25) is 14.5 Å². The maximum Gasteiger partial charge on any atom is 0.235 e. The van der Waals surface area contributed by atoms with Crippen LogP contribution in [0.2, 0.25) is 0 Å². The normalized spacial score (nSPS) is 17.8. The standard InChI is InChI=1S/C16H22N4O/c1-12(13-7-3-2-4-8-13)11-15(21)17-16-19-18-14-9-5-6-10-20(14)16/h5-6,9-10,12-13H,2-4,7-8,11H2,1H3,(H,17,19,21). The Labute approximate surface area is 124 Å². The van der Waals surface area contributed by atoms with Crippen molar-refractivity contribution in [3.63, 3.8) is 0 Å². The first-order valence-corrected chi connectivity index (χ1v) is 7.83. The largest absolute Gasteiger partial charge is 0.294 e. The lowest BCUT2D eigenvalue weighted by atomic mass is 9.79. The van der Waals surface area contributed by atoms with Crippen LogP contribution in [0.15, 0.2) is 24.4 Å². The maximum atomic E-state index is 12.2. The van der Waals surface area contributed by atoms with Gasteiger partial charge in [-0.2, -0.15) is 0 Å². The molecule has 0 aromatic carbocycles. The Morgan fingerprint density at radius 2 is 2.14 bits per heavy atom. The first kappa shape index (κ1) is 14.0. The monoisotopic (exact) mass is 286 g/mol. The first-order valence-electron chi connectivity index (χ1n) is 7.83. The van der Waals surface area contributed by atoms with Crippen molar-refractivity contribution in [2.24, 2.45) is 11.8 Å². The summed E-state index contributed by atoms with van der Waals surface area (Å²) in [5.41, 5.74) is 0.744. The van der Waals surface area contributed by atoms with E-state index in [4.69, 9.17) is 0 Å². The summed E-state index contributed by atoms with van der Waals surface area (Å²) >= 11 is 0. The van der Waals surface area contributed by atoms with Crippen LogP contribution in [0.1, 0.15) is 45.4 Å². The highest BCUT2D eigenvalue weighted by molar-refractivity contribution is 5.89. The molecule has 2 aromatic heterocycles. The van der Waals surface area contributed by atoms with Crippen molar-refractivity contribution < 1.29 is 4.79 Å². The summed E-state index contributed by atoms with van der Waals surface area (Å²) in [6.45, 7) is 2.19. The molecular weight excluding hydrogens is 264 g/mol. The summed E-state index contributed by atoms with van der Waals surface area (Å²) in [4.78, 5) is 12.2. The predicted molar refractivity (Wildman–Crippen MR) is 82.0 cm³/mol. The van der Waals surface area contributed by atoms with Gasteiger partial charge in [0, 0.05) is 12.6 Å². The van der Waals surface area contributed by atoms with E-state index in [1.807, 2.05) is 24.4 Å². The molecule has 1 fully saturated rings. The van der Waals surface area contributed by atoms with Gasteiger partial charge in [0.05, 0.1) is 0 Å². The predicted octanol–water partition coefficient (Wildman–Crippen LogP) is 3.27. The third-order valence-electron chi connectivity index (χ3n) is 4.53. The van der Waals surface area contributed by atoms with Crippen LogP contribution in [0.3, 0.4) is 0 Å². The second-order valence-electron chi connectivity index (χ2n) is 6.08. The minimum atomic E-state index is 0.0335. The second kappa shape index (κ2) is 6.24. The van der Waals surface area contributed by atoms with Gasteiger partial charge in [-0.1, -0.05) is 45.1 Å². The molecule has 21 heavy (non-hydrogen) atoms. The summed E-state index contributed by atoms with van der Waals surface area (Å²) in [6, 6.07) is 5.67. The van der Waals surface area contributed by atoms with Crippen LogP contribution in [0.5, 0.6) is 0 Å². The topological polar surface area (TPSA) is 59.3 Å². The Kier molecular flexibility index (Phi) is 4.18. The third-order valence-corrected chi connectivity index (χ3v) is 4.53. The Hall–Kier alpha value is -1.91. The van der Waals surface area contributed by atoms with E-state index in [1.54, 1.807) is 4.40 Å². The molecule has 2 heterocycles. The van der Waals surface area contributed by atoms with E-state index in [1.165, 1.54) is 32.1 Å². The van der Waals surface area contributed by atoms with Gasteiger partial charge in [0.15, 0.2) is 5.65 Å². The average molecular weight is 286 g/mol. The lowest BCUT2D eigenvalue weighted by Crippen LogP contribution is -2.22. The molecule has 5 nitrogen and oxygen atoms in total. The number of nitrogens with one attached hydrogen (secondary N) is 1. The first-order chi connectivity index (χ1) is 10.2. The van der Waals surface area contributed by atoms with Crippen LogP contribution in [0, 0.1) is 11.8 Å². The van der Waals surface area contributed by atoms with E-state index in [2.05, 4.69) is 22.4 Å². The number of hydrogen-bond acceptors (Lipinski definition) is 3. The van der Waals surface area contributed by atoms with Crippen molar-refractivity contribution in [1.29, 1.82) is 0 Å². The molecule has 1 aliphatic rings. The molecule has 0 spiro atoms. The fraction of sp³-hybridized carbons (Fsp3) is 0.562. The molecule has 0 saturated heterocycles. The molecule has 2 aromatic rings.